The Morgan fingerprint density at radius 1 is 0.311 bits per heavy atom. The minimum atomic E-state index is -4.95. The summed E-state index contributed by atoms with van der Waals surface area (Å²) in [5, 5.41) is 10.6. The molecule has 0 aliphatic rings. The zero-order valence-electron chi connectivity index (χ0n) is 58.8. The Kier molecular flexibility index (Phi) is 59.4. The molecule has 0 heterocycles. The van der Waals surface area contributed by atoms with Crippen molar-refractivity contribution in [2.24, 2.45) is 23.7 Å². The number of aliphatic hydroxyl groups is 1. The molecule has 0 radical (unpaired) electrons. The van der Waals surface area contributed by atoms with Crippen LogP contribution in [-0.2, 0) is 65.4 Å². The summed E-state index contributed by atoms with van der Waals surface area (Å²) in [5.74, 6) is 0.780. The minimum absolute atomic E-state index is 0.101. The van der Waals surface area contributed by atoms with Crippen LogP contribution in [0.3, 0.4) is 0 Å². The van der Waals surface area contributed by atoms with E-state index < -0.39 is 97.5 Å². The van der Waals surface area contributed by atoms with Gasteiger partial charge in [-0.25, -0.2) is 9.13 Å². The van der Waals surface area contributed by atoms with Crippen LogP contribution in [0.1, 0.15) is 351 Å². The lowest BCUT2D eigenvalue weighted by Crippen LogP contribution is -2.30. The zero-order valence-corrected chi connectivity index (χ0v) is 60.6. The van der Waals surface area contributed by atoms with Crippen LogP contribution in [0.25, 0.3) is 0 Å². The molecule has 0 saturated carbocycles. The monoisotopic (exact) mass is 1320 g/mol. The lowest BCUT2D eigenvalue weighted by molar-refractivity contribution is -0.161. The van der Waals surface area contributed by atoms with Crippen LogP contribution in [0.4, 0.5) is 0 Å². The molecule has 0 rings (SSSR count). The van der Waals surface area contributed by atoms with Crippen LogP contribution in [0.5, 0.6) is 0 Å². The average Bonchev–Trinajstić information content (AvgIpc) is 3.47. The number of carbonyl (C=O) groups is 4. The molecule has 0 aromatic rings. The van der Waals surface area contributed by atoms with Gasteiger partial charge in [0.25, 0.3) is 0 Å². The summed E-state index contributed by atoms with van der Waals surface area (Å²) in [4.78, 5) is 72.4. The Morgan fingerprint density at radius 3 is 0.789 bits per heavy atom. The standard InChI is InChI=1S/C71H138O17P2/c1-9-64(8)50-42-34-28-30-38-46-54-71(76)88-67(57-81-68(73)51-43-35-25-21-19-17-15-13-11-10-12-14-16-18-20-23-31-39-47-61(2)3)60-86-90(79,80)84-56-65(72)55-83-89(77,78)85-59-66(87-70(75)53-45-37-29-27-33-41-49-63(6)7)58-82-69(74)52-44-36-26-22-24-32-40-48-62(4)5/h61-67,72H,9-60H2,1-8H3,(H,77,78)(H,79,80)/t64?,65?,66-,67-/m1/s1. The van der Waals surface area contributed by atoms with Crippen molar-refractivity contribution in [3.05, 3.63) is 0 Å². The topological polar surface area (TPSA) is 237 Å². The van der Waals surface area contributed by atoms with E-state index in [9.17, 15) is 43.2 Å². The molecule has 0 aromatic carbocycles. The molecule has 4 unspecified atom stereocenters. The lowest BCUT2D eigenvalue weighted by Gasteiger charge is -2.21. The summed E-state index contributed by atoms with van der Waals surface area (Å²) in [6, 6.07) is 0. The second kappa shape index (κ2) is 60.7. The molecular formula is C71H138O17P2. The number of unbranched alkanes of at least 4 members (excludes halogenated alkanes) is 33. The quantitative estimate of drug-likeness (QED) is 0.0222. The third-order valence-corrected chi connectivity index (χ3v) is 18.6. The predicted octanol–water partition coefficient (Wildman–Crippen LogP) is 20.1. The fraction of sp³-hybridized carbons (Fsp3) is 0.944. The number of esters is 4. The van der Waals surface area contributed by atoms with Crippen molar-refractivity contribution in [3.8, 4) is 0 Å². The molecule has 90 heavy (non-hydrogen) atoms. The van der Waals surface area contributed by atoms with E-state index in [-0.39, 0.29) is 25.7 Å². The van der Waals surface area contributed by atoms with Gasteiger partial charge < -0.3 is 33.8 Å². The zero-order chi connectivity index (χ0) is 66.8. The molecule has 0 amide bonds. The summed E-state index contributed by atoms with van der Waals surface area (Å²) in [6.07, 6.45) is 43.6. The summed E-state index contributed by atoms with van der Waals surface area (Å²) < 4.78 is 68.2. The highest BCUT2D eigenvalue weighted by Gasteiger charge is 2.30. The first-order valence-electron chi connectivity index (χ1n) is 36.7. The Bertz CT molecular complexity index is 1780. The molecule has 0 bridgehead atoms. The first-order valence-corrected chi connectivity index (χ1v) is 39.7. The number of phosphoric ester groups is 2. The van der Waals surface area contributed by atoms with Crippen LogP contribution in [0.15, 0.2) is 0 Å². The van der Waals surface area contributed by atoms with E-state index in [0.29, 0.717) is 37.5 Å². The van der Waals surface area contributed by atoms with Gasteiger partial charge in [0, 0.05) is 25.7 Å². The summed E-state index contributed by atoms with van der Waals surface area (Å²) >= 11 is 0. The molecular weight excluding hydrogens is 1190 g/mol. The number of hydrogen-bond acceptors (Lipinski definition) is 15. The minimum Gasteiger partial charge on any atom is -0.462 e. The van der Waals surface area contributed by atoms with E-state index in [1.54, 1.807) is 0 Å². The number of rotatable bonds is 68. The van der Waals surface area contributed by atoms with Crippen molar-refractivity contribution >= 4 is 39.5 Å². The largest absolute Gasteiger partial charge is 0.472 e. The molecule has 0 aliphatic heterocycles. The fourth-order valence-corrected chi connectivity index (χ4v) is 12.2. The third kappa shape index (κ3) is 63.5. The Morgan fingerprint density at radius 2 is 0.533 bits per heavy atom. The van der Waals surface area contributed by atoms with Crippen molar-refractivity contribution in [2.75, 3.05) is 39.6 Å². The van der Waals surface area contributed by atoms with Crippen LogP contribution in [0.2, 0.25) is 0 Å². The Balaban J connectivity index is 5.11. The maximum absolute atomic E-state index is 13.0. The van der Waals surface area contributed by atoms with E-state index in [2.05, 4.69) is 55.4 Å². The second-order valence-corrected chi connectivity index (χ2v) is 30.2. The highest BCUT2D eigenvalue weighted by molar-refractivity contribution is 7.47. The van der Waals surface area contributed by atoms with Crippen LogP contribution in [0, 0.1) is 23.7 Å². The SMILES string of the molecule is CCC(C)CCCCCCCCC(=O)O[C@H](COC(=O)CCCCCCCCCCCCCCCCCCCCC(C)C)COP(=O)(O)OCC(O)COP(=O)(O)OC[C@@H](COC(=O)CCCCCCCCCC(C)C)OC(=O)CCCCCCCCC(C)C. The molecule has 3 N–H and O–H groups in total. The molecule has 6 atom stereocenters. The van der Waals surface area contributed by atoms with E-state index in [1.165, 1.54) is 148 Å². The fourth-order valence-electron chi connectivity index (χ4n) is 10.6. The van der Waals surface area contributed by atoms with E-state index in [4.69, 9.17) is 37.0 Å². The van der Waals surface area contributed by atoms with Crippen LogP contribution < -0.4 is 0 Å². The molecule has 534 valence electrons. The van der Waals surface area contributed by atoms with Crippen molar-refractivity contribution < 1.29 is 80.2 Å². The van der Waals surface area contributed by atoms with Gasteiger partial charge in [-0.15, -0.1) is 0 Å². The Hall–Kier alpha value is -1.94. The normalized spacial score (nSPS) is 14.6. The van der Waals surface area contributed by atoms with Crippen molar-refractivity contribution in [2.45, 2.75) is 369 Å². The Labute approximate surface area is 549 Å². The molecule has 0 fully saturated rings. The van der Waals surface area contributed by atoms with Crippen LogP contribution in [-0.4, -0.2) is 96.7 Å². The van der Waals surface area contributed by atoms with Gasteiger partial charge in [0.1, 0.15) is 19.3 Å². The van der Waals surface area contributed by atoms with E-state index in [1.807, 2.05) is 0 Å². The highest BCUT2D eigenvalue weighted by Crippen LogP contribution is 2.45. The molecule has 17 nitrogen and oxygen atoms in total. The van der Waals surface area contributed by atoms with Gasteiger partial charge in [-0.3, -0.25) is 37.3 Å². The maximum Gasteiger partial charge on any atom is 0.472 e. The average molecular weight is 1330 g/mol. The number of hydrogen-bond donors (Lipinski definition) is 3. The third-order valence-electron chi connectivity index (χ3n) is 16.7. The van der Waals surface area contributed by atoms with Crippen molar-refractivity contribution in [1.29, 1.82) is 0 Å². The van der Waals surface area contributed by atoms with Gasteiger partial charge in [0.15, 0.2) is 12.2 Å². The van der Waals surface area contributed by atoms with E-state index in [0.717, 1.165) is 108 Å². The van der Waals surface area contributed by atoms with Gasteiger partial charge in [-0.2, -0.15) is 0 Å². The van der Waals surface area contributed by atoms with Gasteiger partial charge in [-0.1, -0.05) is 299 Å². The molecule has 19 heteroatoms. The number of aliphatic hydroxyl groups excluding tert-OH is 1. The number of ether oxygens (including phenoxy) is 4. The highest BCUT2D eigenvalue weighted by atomic mass is 31.2. The summed E-state index contributed by atoms with van der Waals surface area (Å²) in [6.45, 7) is 14.0. The van der Waals surface area contributed by atoms with Gasteiger partial charge in [-0.05, 0) is 49.4 Å². The first kappa shape index (κ1) is 88.1. The second-order valence-electron chi connectivity index (χ2n) is 27.3. The van der Waals surface area contributed by atoms with Crippen LogP contribution >= 0.6 is 15.6 Å². The molecule has 0 spiro atoms. The van der Waals surface area contributed by atoms with Gasteiger partial charge in [0.05, 0.1) is 26.4 Å². The first-order chi connectivity index (χ1) is 43.1. The predicted molar refractivity (Wildman–Crippen MR) is 363 cm³/mol. The molecule has 0 saturated heterocycles. The number of phosphoric acid groups is 2. The smallest absolute Gasteiger partial charge is 0.462 e. The summed E-state index contributed by atoms with van der Waals surface area (Å²) in [5.41, 5.74) is 0. The van der Waals surface area contributed by atoms with Gasteiger partial charge >= 0.3 is 39.5 Å². The molecule has 0 aliphatic carbocycles. The van der Waals surface area contributed by atoms with Crippen molar-refractivity contribution in [1.82, 2.24) is 0 Å². The van der Waals surface area contributed by atoms with Gasteiger partial charge in [0.2, 0.25) is 0 Å². The maximum atomic E-state index is 13.0. The number of carbonyl (C=O) groups excluding carboxylic acids is 4. The summed E-state index contributed by atoms with van der Waals surface area (Å²) in [7, 11) is -9.90. The molecule has 0 aromatic heterocycles. The lowest BCUT2D eigenvalue weighted by atomic mass is 10.00. The van der Waals surface area contributed by atoms with E-state index >= 15 is 0 Å². The van der Waals surface area contributed by atoms with Crippen molar-refractivity contribution in [3.63, 3.8) is 0 Å².